The molecule has 0 amide bonds. The average molecular weight is 322 g/mol. The molecule has 3 aromatic heterocycles. The standard InChI is InChI=1S/C18H14N2S2/c1-12(15-8-5-9-21-15)17-16-14(13-6-3-2-4-7-13)10-22-18(16)20-11-19-17/h2-12H,1H3. The van der Waals surface area contributed by atoms with Crippen LogP contribution in [0.3, 0.4) is 0 Å². The Balaban J connectivity index is 1.94. The van der Waals surface area contributed by atoms with Gasteiger partial charge in [0.25, 0.3) is 0 Å². The molecule has 1 aromatic carbocycles. The highest BCUT2D eigenvalue weighted by molar-refractivity contribution is 7.17. The van der Waals surface area contributed by atoms with Crippen molar-refractivity contribution in [1.29, 1.82) is 0 Å². The molecule has 4 aromatic rings. The van der Waals surface area contributed by atoms with Crippen LogP contribution >= 0.6 is 22.7 Å². The molecule has 0 bridgehead atoms. The molecule has 4 heteroatoms. The zero-order valence-electron chi connectivity index (χ0n) is 12.1. The van der Waals surface area contributed by atoms with Gasteiger partial charge in [-0.1, -0.05) is 43.3 Å². The molecule has 2 nitrogen and oxygen atoms in total. The predicted octanol–water partition coefficient (Wildman–Crippen LogP) is 5.57. The number of aromatic nitrogens is 2. The molecule has 0 aliphatic rings. The van der Waals surface area contributed by atoms with Gasteiger partial charge in [-0.2, -0.15) is 0 Å². The van der Waals surface area contributed by atoms with Crippen molar-refractivity contribution in [2.45, 2.75) is 12.8 Å². The average Bonchev–Trinajstić information content (AvgIpc) is 3.24. The Morgan fingerprint density at radius 1 is 0.955 bits per heavy atom. The first kappa shape index (κ1) is 13.6. The number of hydrogen-bond donors (Lipinski definition) is 0. The lowest BCUT2D eigenvalue weighted by molar-refractivity contribution is 0.897. The topological polar surface area (TPSA) is 25.8 Å². The SMILES string of the molecule is CC(c1cccs1)c1ncnc2scc(-c3ccccc3)c12. The molecule has 1 atom stereocenters. The van der Waals surface area contributed by atoms with Crippen LogP contribution in [0, 0.1) is 0 Å². The van der Waals surface area contributed by atoms with E-state index >= 15 is 0 Å². The van der Waals surface area contributed by atoms with Crippen LogP contribution in [0.15, 0.2) is 59.6 Å². The van der Waals surface area contributed by atoms with Crippen molar-refractivity contribution in [3.05, 3.63) is 70.1 Å². The van der Waals surface area contributed by atoms with Crippen molar-refractivity contribution in [2.75, 3.05) is 0 Å². The van der Waals surface area contributed by atoms with Crippen LogP contribution in [-0.4, -0.2) is 9.97 Å². The van der Waals surface area contributed by atoms with Crippen molar-refractivity contribution in [3.63, 3.8) is 0 Å². The molecule has 0 fully saturated rings. The van der Waals surface area contributed by atoms with Crippen LogP contribution in [0.2, 0.25) is 0 Å². The number of benzene rings is 1. The number of thiophene rings is 2. The molecule has 0 N–H and O–H groups in total. The molecular weight excluding hydrogens is 308 g/mol. The van der Waals surface area contributed by atoms with Crippen molar-refractivity contribution >= 4 is 32.9 Å². The molecule has 0 aliphatic carbocycles. The predicted molar refractivity (Wildman–Crippen MR) is 94.7 cm³/mol. The summed E-state index contributed by atoms with van der Waals surface area (Å²) in [5.41, 5.74) is 3.58. The van der Waals surface area contributed by atoms with E-state index in [2.05, 4.69) is 64.1 Å². The van der Waals surface area contributed by atoms with E-state index < -0.39 is 0 Å². The summed E-state index contributed by atoms with van der Waals surface area (Å²) in [6.07, 6.45) is 1.69. The molecule has 3 heterocycles. The number of rotatable bonds is 3. The third kappa shape index (κ3) is 2.25. The summed E-state index contributed by atoms with van der Waals surface area (Å²) in [6, 6.07) is 14.8. The monoisotopic (exact) mass is 322 g/mol. The van der Waals surface area contributed by atoms with Crippen molar-refractivity contribution in [2.24, 2.45) is 0 Å². The van der Waals surface area contributed by atoms with Gasteiger partial charge in [0.1, 0.15) is 11.2 Å². The lowest BCUT2D eigenvalue weighted by atomic mass is 9.98. The highest BCUT2D eigenvalue weighted by atomic mass is 32.1. The summed E-state index contributed by atoms with van der Waals surface area (Å²) >= 11 is 3.47. The zero-order valence-corrected chi connectivity index (χ0v) is 13.7. The van der Waals surface area contributed by atoms with E-state index in [4.69, 9.17) is 0 Å². The number of fused-ring (bicyclic) bond motifs is 1. The van der Waals surface area contributed by atoms with Gasteiger partial charge in [-0.05, 0) is 17.0 Å². The molecule has 1 unspecified atom stereocenters. The molecule has 0 spiro atoms. The third-order valence-corrected chi connectivity index (χ3v) is 5.81. The van der Waals surface area contributed by atoms with E-state index in [-0.39, 0.29) is 5.92 Å². The van der Waals surface area contributed by atoms with Crippen molar-refractivity contribution in [1.82, 2.24) is 9.97 Å². The van der Waals surface area contributed by atoms with Gasteiger partial charge in [0.15, 0.2) is 0 Å². The maximum atomic E-state index is 4.62. The summed E-state index contributed by atoms with van der Waals surface area (Å²) in [7, 11) is 0. The molecule has 0 saturated carbocycles. The second-order valence-electron chi connectivity index (χ2n) is 5.19. The Labute approximate surface area is 137 Å². The van der Waals surface area contributed by atoms with Crippen LogP contribution in [0.4, 0.5) is 0 Å². The van der Waals surface area contributed by atoms with Gasteiger partial charge in [-0.25, -0.2) is 9.97 Å². The van der Waals surface area contributed by atoms with E-state index in [0.717, 1.165) is 10.5 Å². The smallest absolute Gasteiger partial charge is 0.127 e. The second kappa shape index (κ2) is 5.63. The summed E-state index contributed by atoms with van der Waals surface area (Å²) in [4.78, 5) is 11.5. The van der Waals surface area contributed by atoms with Crippen molar-refractivity contribution in [3.8, 4) is 11.1 Å². The van der Waals surface area contributed by atoms with Crippen molar-refractivity contribution < 1.29 is 0 Å². The normalized spacial score (nSPS) is 12.6. The summed E-state index contributed by atoms with van der Waals surface area (Å²) < 4.78 is 0. The lowest BCUT2D eigenvalue weighted by Gasteiger charge is -2.11. The van der Waals surface area contributed by atoms with Crippen LogP contribution < -0.4 is 0 Å². The molecular formula is C18H14N2S2. The molecule has 0 saturated heterocycles. The molecule has 22 heavy (non-hydrogen) atoms. The third-order valence-electron chi connectivity index (χ3n) is 3.86. The number of nitrogens with zero attached hydrogens (tertiary/aromatic N) is 2. The summed E-state index contributed by atoms with van der Waals surface area (Å²) in [5.74, 6) is 0.280. The summed E-state index contributed by atoms with van der Waals surface area (Å²) in [5, 5.41) is 5.51. The highest BCUT2D eigenvalue weighted by Crippen LogP contribution is 2.38. The maximum Gasteiger partial charge on any atom is 0.127 e. The van der Waals surface area contributed by atoms with E-state index in [1.165, 1.54) is 21.4 Å². The maximum absolute atomic E-state index is 4.62. The summed E-state index contributed by atoms with van der Waals surface area (Å²) in [6.45, 7) is 2.22. The zero-order chi connectivity index (χ0) is 14.9. The molecule has 4 rings (SSSR count). The van der Waals surface area contributed by atoms with E-state index in [0.29, 0.717) is 0 Å². The fourth-order valence-corrected chi connectivity index (χ4v) is 4.44. The van der Waals surface area contributed by atoms with Gasteiger partial charge in [0, 0.05) is 27.1 Å². The lowest BCUT2D eigenvalue weighted by Crippen LogP contribution is -1.99. The van der Waals surface area contributed by atoms with Gasteiger partial charge in [0.2, 0.25) is 0 Å². The van der Waals surface area contributed by atoms with Gasteiger partial charge in [0.05, 0.1) is 5.69 Å². The van der Waals surface area contributed by atoms with Crippen LogP contribution in [0.25, 0.3) is 21.3 Å². The first-order valence-electron chi connectivity index (χ1n) is 7.15. The second-order valence-corrected chi connectivity index (χ2v) is 7.03. The fraction of sp³-hybridized carbons (Fsp3) is 0.111. The van der Waals surface area contributed by atoms with Gasteiger partial charge < -0.3 is 0 Å². The van der Waals surface area contributed by atoms with Crippen LogP contribution in [0.1, 0.15) is 23.4 Å². The molecule has 0 radical (unpaired) electrons. The van der Waals surface area contributed by atoms with E-state index in [9.17, 15) is 0 Å². The quantitative estimate of drug-likeness (QED) is 0.492. The van der Waals surface area contributed by atoms with Crippen LogP contribution in [0.5, 0.6) is 0 Å². The van der Waals surface area contributed by atoms with Gasteiger partial charge in [-0.15, -0.1) is 22.7 Å². The van der Waals surface area contributed by atoms with Crippen LogP contribution in [-0.2, 0) is 0 Å². The highest BCUT2D eigenvalue weighted by Gasteiger charge is 2.19. The molecule has 108 valence electrons. The number of hydrogen-bond acceptors (Lipinski definition) is 4. The largest absolute Gasteiger partial charge is 0.240 e. The van der Waals surface area contributed by atoms with Gasteiger partial charge >= 0.3 is 0 Å². The van der Waals surface area contributed by atoms with E-state index in [1.807, 2.05) is 6.07 Å². The van der Waals surface area contributed by atoms with E-state index in [1.54, 1.807) is 29.0 Å². The fourth-order valence-electron chi connectivity index (χ4n) is 2.73. The Morgan fingerprint density at radius 3 is 2.59 bits per heavy atom. The minimum atomic E-state index is 0.280. The van der Waals surface area contributed by atoms with Gasteiger partial charge in [-0.3, -0.25) is 0 Å². The first-order valence-corrected chi connectivity index (χ1v) is 8.91. The Kier molecular flexibility index (Phi) is 3.48. The Bertz CT molecular complexity index is 895. The molecule has 0 aliphatic heterocycles. The Hall–Kier alpha value is -2.04. The minimum absolute atomic E-state index is 0.280. The Morgan fingerprint density at radius 2 is 1.82 bits per heavy atom. The minimum Gasteiger partial charge on any atom is -0.240 e. The first-order chi connectivity index (χ1) is 10.8.